The van der Waals surface area contributed by atoms with Gasteiger partial charge in [-0.2, -0.15) is 0 Å². The third-order valence-electron chi connectivity index (χ3n) is 14.0. The third-order valence-corrected chi connectivity index (χ3v) is 16.8. The van der Waals surface area contributed by atoms with E-state index in [0.29, 0.717) is 65.3 Å². The first-order valence-corrected chi connectivity index (χ1v) is 30.5. The molecule has 6 aromatic heterocycles. The van der Waals surface area contributed by atoms with Crippen molar-refractivity contribution in [3.05, 3.63) is 186 Å². The van der Waals surface area contributed by atoms with E-state index in [1.807, 2.05) is 62.4 Å². The summed E-state index contributed by atoms with van der Waals surface area (Å²) in [6.07, 6.45) is 9.30. The van der Waals surface area contributed by atoms with E-state index in [1.165, 1.54) is 36.8 Å². The Kier molecular flexibility index (Phi) is 17.3. The maximum atomic E-state index is 14.3. The van der Waals surface area contributed by atoms with Crippen molar-refractivity contribution in [3.8, 4) is 45.0 Å². The predicted octanol–water partition coefficient (Wildman–Crippen LogP) is 11.8. The van der Waals surface area contributed by atoms with Gasteiger partial charge in [0.2, 0.25) is 0 Å². The van der Waals surface area contributed by atoms with Crippen LogP contribution in [0.25, 0.3) is 66.8 Å². The zero-order chi connectivity index (χ0) is 58.4. The molecule has 83 heavy (non-hydrogen) atoms. The minimum absolute atomic E-state index is 0.242. The van der Waals surface area contributed by atoms with Gasteiger partial charge in [0.1, 0.15) is 23.3 Å². The number of halogens is 3. The fourth-order valence-corrected chi connectivity index (χ4v) is 11.1. The van der Waals surface area contributed by atoms with Crippen LogP contribution >= 0.6 is 11.6 Å². The molecule has 0 amide bonds. The molecule has 21 heteroatoms. The highest BCUT2D eigenvalue weighted by Crippen LogP contribution is 2.40. The van der Waals surface area contributed by atoms with Gasteiger partial charge in [0.05, 0.1) is 86.4 Å². The highest BCUT2D eigenvalue weighted by Gasteiger charge is 2.21. The van der Waals surface area contributed by atoms with Crippen molar-refractivity contribution >= 4 is 81.8 Å². The average molecular weight is 1180 g/mol. The van der Waals surface area contributed by atoms with Crippen LogP contribution in [0.2, 0.25) is 5.02 Å². The second kappa shape index (κ2) is 24.9. The second-order valence-corrected chi connectivity index (χ2v) is 24.2. The first-order chi connectivity index (χ1) is 39.9. The number of sulfone groups is 2. The Hall–Kier alpha value is -8.53. The summed E-state index contributed by atoms with van der Waals surface area (Å²) in [6, 6.07) is 37.4. The van der Waals surface area contributed by atoms with Gasteiger partial charge in [-0.3, -0.25) is 9.97 Å². The molecule has 0 spiro atoms. The largest absolute Gasteiger partial charge is 0.398 e. The van der Waals surface area contributed by atoms with Crippen molar-refractivity contribution in [1.82, 2.24) is 29.9 Å². The van der Waals surface area contributed by atoms with E-state index in [4.69, 9.17) is 36.8 Å². The van der Waals surface area contributed by atoms with Crippen LogP contribution < -0.4 is 20.9 Å². The Morgan fingerprint density at radius 3 is 1.49 bits per heavy atom. The lowest BCUT2D eigenvalue weighted by Gasteiger charge is -2.28. The van der Waals surface area contributed by atoms with Gasteiger partial charge in [-0.25, -0.2) is 45.6 Å². The highest BCUT2D eigenvalue weighted by molar-refractivity contribution is 7.91. The number of pyridine rings is 6. The van der Waals surface area contributed by atoms with Crippen LogP contribution in [-0.4, -0.2) is 112 Å². The van der Waals surface area contributed by atoms with Gasteiger partial charge < -0.3 is 30.3 Å². The maximum Gasteiger partial charge on any atom is 0.175 e. The first-order valence-electron chi connectivity index (χ1n) is 26.4. The molecule has 424 valence electrons. The summed E-state index contributed by atoms with van der Waals surface area (Å²) in [7, 11) is -6.54. The Balaban J connectivity index is 0.000000154. The van der Waals surface area contributed by atoms with E-state index in [-0.39, 0.29) is 21.4 Å². The van der Waals surface area contributed by atoms with Crippen molar-refractivity contribution in [2.75, 3.05) is 86.0 Å². The topological polar surface area (TPSA) is 209 Å². The summed E-state index contributed by atoms with van der Waals surface area (Å²) in [6.45, 7) is 9.51. The van der Waals surface area contributed by atoms with Crippen molar-refractivity contribution in [3.63, 3.8) is 0 Å². The lowest BCUT2D eigenvalue weighted by molar-refractivity contribution is 0.122. The molecule has 2 aliphatic rings. The van der Waals surface area contributed by atoms with E-state index in [1.54, 1.807) is 85.5 Å². The number of nitrogens with one attached hydrogen (secondary N) is 1. The van der Waals surface area contributed by atoms with Gasteiger partial charge in [0, 0.05) is 121 Å². The van der Waals surface area contributed by atoms with Crippen LogP contribution in [0.15, 0.2) is 168 Å². The maximum absolute atomic E-state index is 14.3. The molecule has 2 aliphatic heterocycles. The number of morpholine rings is 2. The fraction of sp³-hybridized carbons (Fsp3) is 0.194. The normalized spacial score (nSPS) is 13.7. The third kappa shape index (κ3) is 13.4. The standard InChI is InChI=1S/C31H28FN5O3S.C16H19N3O3S.C15H10ClFN2/c1-20-30(24-11-8-22(32)17-27(24)36-31(20)26-5-3-4-12-33-26)35-28-18-29(37-13-15-40-16-14-37)34-19-25(28)21-6-9-23(10-7-21)41(2,38)39;1-23(20,21)13-4-2-12(3-5-13)14-11-18-16(10-15(14)17)19-6-8-22-9-7-19;1-9-14(16)11-6-5-10(17)8-13(11)19-15(9)12-4-2-3-7-18-12/h3-12,17-19H,13-16H2,1-2H3,(H,34,35,36);2-5,10-11H,6-9H2,1H3,(H2,17,18);2-8H,1H3. The molecule has 0 radical (unpaired) electrons. The number of benzene rings is 4. The van der Waals surface area contributed by atoms with Crippen molar-refractivity contribution < 1.29 is 35.1 Å². The van der Waals surface area contributed by atoms with Crippen LogP contribution in [-0.2, 0) is 29.1 Å². The molecule has 0 bridgehead atoms. The smallest absolute Gasteiger partial charge is 0.175 e. The summed E-state index contributed by atoms with van der Waals surface area (Å²) in [5.74, 6) is 0.922. The van der Waals surface area contributed by atoms with Gasteiger partial charge in [-0.1, -0.05) is 48.0 Å². The summed E-state index contributed by atoms with van der Waals surface area (Å²) in [5, 5.41) is 5.72. The van der Waals surface area contributed by atoms with E-state index >= 15 is 0 Å². The van der Waals surface area contributed by atoms with Crippen molar-refractivity contribution in [1.29, 1.82) is 0 Å². The Bertz CT molecular complexity index is 4220. The minimum atomic E-state index is -3.34. The molecular formula is C62H57ClF2N10O6S2. The lowest BCUT2D eigenvalue weighted by atomic mass is 10.0. The van der Waals surface area contributed by atoms with Crippen LogP contribution in [0.3, 0.4) is 0 Å². The first kappa shape index (κ1) is 57.7. The molecule has 12 rings (SSSR count). The second-order valence-electron chi connectivity index (χ2n) is 19.7. The quantitative estimate of drug-likeness (QED) is 0.130. The molecule has 4 aromatic carbocycles. The molecule has 16 nitrogen and oxygen atoms in total. The molecule has 0 unspecified atom stereocenters. The molecule has 2 saturated heterocycles. The monoisotopic (exact) mass is 1170 g/mol. The number of hydrogen-bond acceptors (Lipinski definition) is 16. The summed E-state index contributed by atoms with van der Waals surface area (Å²) < 4.78 is 85.7. The molecule has 2 fully saturated rings. The zero-order valence-corrected chi connectivity index (χ0v) is 48.1. The summed E-state index contributed by atoms with van der Waals surface area (Å²) >= 11 is 6.34. The highest BCUT2D eigenvalue weighted by atomic mass is 35.5. The number of nitrogens with zero attached hydrogens (tertiary/aromatic N) is 8. The number of fused-ring (bicyclic) bond motifs is 2. The molecule has 8 heterocycles. The molecule has 10 aromatic rings. The van der Waals surface area contributed by atoms with E-state index in [0.717, 1.165) is 99.0 Å². The number of hydrogen-bond donors (Lipinski definition) is 2. The van der Waals surface area contributed by atoms with Crippen molar-refractivity contribution in [2.45, 2.75) is 23.6 Å². The van der Waals surface area contributed by atoms with E-state index in [2.05, 4.69) is 35.1 Å². The minimum Gasteiger partial charge on any atom is -0.398 e. The average Bonchev–Trinajstić information content (AvgIpc) is 3.40. The number of nitrogens with two attached hydrogens (primary N) is 1. The number of aromatic nitrogens is 6. The number of ether oxygens (including phenoxy) is 2. The number of anilines is 5. The van der Waals surface area contributed by atoms with Gasteiger partial charge in [-0.15, -0.1) is 0 Å². The molecule has 3 N–H and O–H groups in total. The Morgan fingerprint density at radius 1 is 0.554 bits per heavy atom. The number of nitrogen functional groups attached to an aromatic ring is 1. The van der Waals surface area contributed by atoms with Crippen LogP contribution in [0.1, 0.15) is 11.1 Å². The van der Waals surface area contributed by atoms with Gasteiger partial charge in [0.15, 0.2) is 19.7 Å². The van der Waals surface area contributed by atoms with Crippen LogP contribution in [0.5, 0.6) is 0 Å². The van der Waals surface area contributed by atoms with Gasteiger partial charge >= 0.3 is 0 Å². The van der Waals surface area contributed by atoms with Crippen molar-refractivity contribution in [2.24, 2.45) is 0 Å². The number of rotatable bonds is 10. The molecular weight excluding hydrogens is 1120 g/mol. The van der Waals surface area contributed by atoms with Gasteiger partial charge in [-0.05, 0) is 103 Å². The zero-order valence-electron chi connectivity index (χ0n) is 45.7. The summed E-state index contributed by atoms with van der Waals surface area (Å²) in [5.41, 5.74) is 17.0. The molecule has 0 saturated carbocycles. The van der Waals surface area contributed by atoms with E-state index < -0.39 is 19.7 Å². The Morgan fingerprint density at radius 2 is 1.01 bits per heavy atom. The Labute approximate surface area is 484 Å². The predicted molar refractivity (Wildman–Crippen MR) is 324 cm³/mol. The van der Waals surface area contributed by atoms with Crippen LogP contribution in [0.4, 0.5) is 37.5 Å². The van der Waals surface area contributed by atoms with E-state index in [9.17, 15) is 25.6 Å². The lowest BCUT2D eigenvalue weighted by Crippen LogP contribution is -2.36. The van der Waals surface area contributed by atoms with Crippen LogP contribution in [0, 0.1) is 25.5 Å². The summed E-state index contributed by atoms with van der Waals surface area (Å²) in [4.78, 5) is 32.1. The SMILES string of the molecule is CS(=O)(=O)c1ccc(-c2cnc(N3CCOCC3)cc2N)cc1.Cc1c(-c2ccccn2)nc2cc(F)ccc2c1Cl.Cc1c(-c2ccccn2)nc2cc(F)ccc2c1Nc1cc(N2CCOCC2)ncc1-c1ccc(S(C)(=O)=O)cc1. The fourth-order valence-electron chi connectivity index (χ4n) is 9.60. The molecule has 0 atom stereocenters. The molecule has 0 aliphatic carbocycles. The van der Waals surface area contributed by atoms with Gasteiger partial charge in [0.25, 0.3) is 0 Å².